The molecule has 1 aromatic carbocycles. The van der Waals surface area contributed by atoms with Crippen molar-refractivity contribution < 1.29 is 9.18 Å². The zero-order valence-electron chi connectivity index (χ0n) is 20.1. The molecule has 0 N–H and O–H groups in total. The minimum absolute atomic E-state index is 0.222. The third kappa shape index (κ3) is 4.68. The van der Waals surface area contributed by atoms with E-state index in [4.69, 9.17) is 17.2 Å². The quantitative estimate of drug-likeness (QED) is 0.374. The summed E-state index contributed by atoms with van der Waals surface area (Å²) in [5, 5.41) is 0. The molecule has 0 aliphatic carbocycles. The number of nitrogens with zero attached hydrogens (tertiary/aromatic N) is 5. The highest BCUT2D eigenvalue weighted by molar-refractivity contribution is 8.26. The summed E-state index contributed by atoms with van der Waals surface area (Å²) in [7, 11) is 0. The van der Waals surface area contributed by atoms with Gasteiger partial charge in [-0.15, -0.1) is 0 Å². The van der Waals surface area contributed by atoms with Gasteiger partial charge in [-0.25, -0.2) is 9.37 Å². The minimum atomic E-state index is -0.337. The van der Waals surface area contributed by atoms with E-state index in [-0.39, 0.29) is 23.8 Å². The minimum Gasteiger partial charge on any atom is -0.353 e. The van der Waals surface area contributed by atoms with E-state index in [0.29, 0.717) is 26.3 Å². The predicted octanol–water partition coefficient (Wildman–Crippen LogP) is 3.69. The Bertz CT molecular complexity index is 1430. The van der Waals surface area contributed by atoms with Gasteiger partial charge in [0.1, 0.15) is 21.6 Å². The number of halogens is 1. The molecular formula is C26H26FN5O2S2. The Labute approximate surface area is 218 Å². The van der Waals surface area contributed by atoms with Crippen molar-refractivity contribution in [2.24, 2.45) is 0 Å². The van der Waals surface area contributed by atoms with Crippen LogP contribution in [-0.4, -0.2) is 62.1 Å². The van der Waals surface area contributed by atoms with E-state index >= 15 is 0 Å². The second-order valence-electron chi connectivity index (χ2n) is 8.85. The number of carbonyl (C=O) groups excluding carboxylic acids is 1. The number of hydrogen-bond acceptors (Lipinski definition) is 7. The van der Waals surface area contributed by atoms with Crippen LogP contribution in [0, 0.1) is 12.7 Å². The highest BCUT2D eigenvalue weighted by atomic mass is 32.2. The fraction of sp³-hybridized carbons (Fsp3) is 0.308. The number of piperazine rings is 1. The Hall–Kier alpha value is -3.08. The summed E-state index contributed by atoms with van der Waals surface area (Å²) in [5.74, 6) is -0.0190. The molecule has 0 bridgehead atoms. The normalized spacial score (nSPS) is 18.1. The predicted molar refractivity (Wildman–Crippen MR) is 146 cm³/mol. The average Bonchev–Trinajstić information content (AvgIpc) is 3.14. The van der Waals surface area contributed by atoms with Crippen LogP contribution < -0.4 is 10.5 Å². The first-order chi connectivity index (χ1) is 17.4. The lowest BCUT2D eigenvalue weighted by molar-refractivity contribution is -0.122. The Morgan fingerprint density at radius 3 is 2.53 bits per heavy atom. The lowest BCUT2D eigenvalue weighted by Crippen LogP contribution is -2.47. The molecule has 2 aromatic heterocycles. The number of thiocarbonyl (C=S) groups is 1. The molecule has 3 aromatic rings. The van der Waals surface area contributed by atoms with Gasteiger partial charge in [0.05, 0.1) is 17.0 Å². The Kier molecular flexibility index (Phi) is 6.92. The first kappa shape index (κ1) is 24.6. The van der Waals surface area contributed by atoms with Crippen LogP contribution in [-0.2, 0) is 11.3 Å². The van der Waals surface area contributed by atoms with Gasteiger partial charge in [-0.3, -0.25) is 18.9 Å². The summed E-state index contributed by atoms with van der Waals surface area (Å²) < 4.78 is 15.2. The fourth-order valence-electron chi connectivity index (χ4n) is 4.48. The monoisotopic (exact) mass is 523 g/mol. The molecule has 0 spiro atoms. The molecule has 5 rings (SSSR count). The molecule has 10 heteroatoms. The van der Waals surface area contributed by atoms with Gasteiger partial charge in [0.25, 0.3) is 11.5 Å². The Morgan fingerprint density at radius 2 is 1.83 bits per heavy atom. The van der Waals surface area contributed by atoms with Crippen LogP contribution in [0.5, 0.6) is 0 Å². The largest absolute Gasteiger partial charge is 0.353 e. The van der Waals surface area contributed by atoms with Crippen LogP contribution in [0.25, 0.3) is 11.7 Å². The van der Waals surface area contributed by atoms with E-state index in [1.807, 2.05) is 19.1 Å². The molecule has 2 fully saturated rings. The molecule has 186 valence electrons. The molecule has 2 saturated heterocycles. The molecule has 2 aliphatic rings. The number of rotatable bonds is 5. The smallest absolute Gasteiger partial charge is 0.267 e. The standard InChI is InChI=1S/C26H26FN5O2S2/c1-3-29-11-13-30(14-12-29)23-20(24(33)31-10-4-5-17(2)22(31)28-23)15-21-25(34)32(26(35)36-21)16-18-6-8-19(27)9-7-18/h4-10,15H,3,11-14,16H2,1-2H3/b21-15+. The fourth-order valence-corrected chi connectivity index (χ4v) is 5.72. The number of carbonyl (C=O) groups is 1. The number of anilines is 1. The number of aryl methyl sites for hydroxylation is 1. The number of pyridine rings is 1. The third-order valence-corrected chi connectivity index (χ3v) is 7.96. The molecule has 0 atom stereocenters. The summed E-state index contributed by atoms with van der Waals surface area (Å²) in [6, 6.07) is 9.73. The maximum atomic E-state index is 13.7. The van der Waals surface area contributed by atoms with Crippen molar-refractivity contribution in [3.63, 3.8) is 0 Å². The lowest BCUT2D eigenvalue weighted by Gasteiger charge is -2.35. The number of amides is 1. The van der Waals surface area contributed by atoms with Crippen molar-refractivity contribution in [2.45, 2.75) is 20.4 Å². The maximum absolute atomic E-state index is 13.7. The second kappa shape index (κ2) is 10.1. The molecule has 36 heavy (non-hydrogen) atoms. The average molecular weight is 524 g/mol. The summed E-state index contributed by atoms with van der Waals surface area (Å²) in [6.45, 7) is 8.53. The van der Waals surface area contributed by atoms with Crippen LogP contribution in [0.1, 0.15) is 23.6 Å². The number of likely N-dealkylation sites (N-methyl/N-ethyl adjacent to an activating group) is 1. The number of benzene rings is 1. The van der Waals surface area contributed by atoms with Gasteiger partial charge in [0, 0.05) is 32.4 Å². The van der Waals surface area contributed by atoms with Crippen LogP contribution in [0.4, 0.5) is 10.2 Å². The summed E-state index contributed by atoms with van der Waals surface area (Å²) >= 11 is 6.65. The van der Waals surface area contributed by atoms with Gasteiger partial charge < -0.3 is 9.80 Å². The number of hydrogen-bond donors (Lipinski definition) is 0. The number of thioether (sulfide) groups is 1. The first-order valence-corrected chi connectivity index (χ1v) is 13.1. The lowest BCUT2D eigenvalue weighted by atomic mass is 10.2. The topological polar surface area (TPSA) is 61.2 Å². The molecule has 2 aliphatic heterocycles. The van der Waals surface area contributed by atoms with Gasteiger partial charge in [-0.1, -0.05) is 49.1 Å². The summed E-state index contributed by atoms with van der Waals surface area (Å²) in [5.41, 5.74) is 2.44. The summed E-state index contributed by atoms with van der Waals surface area (Å²) in [4.78, 5) is 38.3. The molecule has 4 heterocycles. The Balaban J connectivity index is 1.54. The van der Waals surface area contributed by atoms with Crippen molar-refractivity contribution in [3.8, 4) is 0 Å². The van der Waals surface area contributed by atoms with E-state index in [1.54, 1.807) is 24.4 Å². The van der Waals surface area contributed by atoms with Crippen LogP contribution in [0.15, 0.2) is 52.3 Å². The zero-order chi connectivity index (χ0) is 25.4. The van der Waals surface area contributed by atoms with E-state index in [1.165, 1.54) is 33.2 Å². The first-order valence-electron chi connectivity index (χ1n) is 11.8. The van der Waals surface area contributed by atoms with Crippen LogP contribution in [0.2, 0.25) is 0 Å². The van der Waals surface area contributed by atoms with Gasteiger partial charge >= 0.3 is 0 Å². The molecule has 7 nitrogen and oxygen atoms in total. The number of aromatic nitrogens is 2. The van der Waals surface area contributed by atoms with Gasteiger partial charge in [-0.2, -0.15) is 0 Å². The van der Waals surface area contributed by atoms with E-state index in [2.05, 4.69) is 16.7 Å². The van der Waals surface area contributed by atoms with Crippen molar-refractivity contribution in [3.05, 3.63) is 80.4 Å². The van der Waals surface area contributed by atoms with Crippen LogP contribution >= 0.6 is 24.0 Å². The highest BCUT2D eigenvalue weighted by Gasteiger charge is 2.33. The maximum Gasteiger partial charge on any atom is 0.267 e. The van der Waals surface area contributed by atoms with E-state index < -0.39 is 0 Å². The molecule has 1 amide bonds. The van der Waals surface area contributed by atoms with Gasteiger partial charge in [-0.05, 0) is 48.9 Å². The van der Waals surface area contributed by atoms with E-state index in [9.17, 15) is 14.0 Å². The molecule has 0 unspecified atom stereocenters. The van der Waals surface area contributed by atoms with Crippen molar-refractivity contribution in [1.29, 1.82) is 0 Å². The Morgan fingerprint density at radius 1 is 1.11 bits per heavy atom. The highest BCUT2D eigenvalue weighted by Crippen LogP contribution is 2.34. The van der Waals surface area contributed by atoms with Gasteiger partial charge in [0.2, 0.25) is 0 Å². The van der Waals surface area contributed by atoms with Crippen molar-refractivity contribution >= 4 is 51.7 Å². The van der Waals surface area contributed by atoms with Crippen molar-refractivity contribution in [1.82, 2.24) is 19.2 Å². The van der Waals surface area contributed by atoms with E-state index in [0.717, 1.165) is 43.9 Å². The SMILES string of the molecule is CCN1CCN(c2nc3c(C)cccn3c(=O)c2/C=C2/SC(=S)N(Cc3ccc(F)cc3)C2=O)CC1. The van der Waals surface area contributed by atoms with Gasteiger partial charge in [0.15, 0.2) is 0 Å². The molecular weight excluding hydrogens is 497 g/mol. The summed E-state index contributed by atoms with van der Waals surface area (Å²) in [6.07, 6.45) is 3.34. The molecule has 0 saturated carbocycles. The molecule has 0 radical (unpaired) electrons. The van der Waals surface area contributed by atoms with Crippen LogP contribution in [0.3, 0.4) is 0 Å². The zero-order valence-corrected chi connectivity index (χ0v) is 21.7. The number of fused-ring (bicyclic) bond motifs is 1. The van der Waals surface area contributed by atoms with Crippen molar-refractivity contribution in [2.75, 3.05) is 37.6 Å². The second-order valence-corrected chi connectivity index (χ2v) is 10.5. The third-order valence-electron chi connectivity index (χ3n) is 6.59.